The highest BCUT2D eigenvalue weighted by Crippen LogP contribution is 2.15. The lowest BCUT2D eigenvalue weighted by Gasteiger charge is -2.22. The Morgan fingerprint density at radius 3 is 3.00 bits per heavy atom. The fourth-order valence-corrected chi connectivity index (χ4v) is 2.43. The van der Waals surface area contributed by atoms with E-state index in [9.17, 15) is 9.90 Å². The molecule has 0 bridgehead atoms. The first-order valence-electron chi connectivity index (χ1n) is 6.56. The van der Waals surface area contributed by atoms with E-state index in [1.807, 2.05) is 0 Å². The monoisotopic (exact) mass is 242 g/mol. The Balaban J connectivity index is 1.59. The minimum absolute atomic E-state index is 0.00244. The van der Waals surface area contributed by atoms with Crippen LogP contribution in [0.25, 0.3) is 0 Å². The van der Waals surface area contributed by atoms with E-state index in [0.29, 0.717) is 25.6 Å². The molecule has 1 amide bonds. The summed E-state index contributed by atoms with van der Waals surface area (Å²) in [7, 11) is 0. The SMILES string of the molecule is O=C(NCCC1CCCCO1)C1CC(O)CN1. The van der Waals surface area contributed by atoms with Crippen molar-refractivity contribution in [3.05, 3.63) is 0 Å². The van der Waals surface area contributed by atoms with E-state index in [4.69, 9.17) is 4.74 Å². The summed E-state index contributed by atoms with van der Waals surface area (Å²) < 4.78 is 5.60. The van der Waals surface area contributed by atoms with E-state index in [2.05, 4.69) is 10.6 Å². The first-order valence-corrected chi connectivity index (χ1v) is 6.56. The molecule has 3 N–H and O–H groups in total. The van der Waals surface area contributed by atoms with Crippen LogP contribution in [0.5, 0.6) is 0 Å². The Bertz CT molecular complexity index is 254. The number of aliphatic hydroxyl groups excluding tert-OH is 1. The molecule has 17 heavy (non-hydrogen) atoms. The van der Waals surface area contributed by atoms with Crippen LogP contribution < -0.4 is 10.6 Å². The number of amides is 1. The van der Waals surface area contributed by atoms with Gasteiger partial charge in [0.2, 0.25) is 5.91 Å². The zero-order valence-corrected chi connectivity index (χ0v) is 10.2. The number of nitrogens with one attached hydrogen (secondary N) is 2. The zero-order valence-electron chi connectivity index (χ0n) is 10.2. The maximum absolute atomic E-state index is 11.7. The van der Waals surface area contributed by atoms with Crippen LogP contribution in [0, 0.1) is 0 Å². The summed E-state index contributed by atoms with van der Waals surface area (Å²) in [5.74, 6) is -0.00244. The minimum Gasteiger partial charge on any atom is -0.392 e. The molecule has 5 nitrogen and oxygen atoms in total. The van der Waals surface area contributed by atoms with Gasteiger partial charge in [0.25, 0.3) is 0 Å². The predicted molar refractivity (Wildman–Crippen MR) is 63.6 cm³/mol. The number of hydrogen-bond donors (Lipinski definition) is 3. The maximum Gasteiger partial charge on any atom is 0.237 e. The van der Waals surface area contributed by atoms with Crippen LogP contribution >= 0.6 is 0 Å². The van der Waals surface area contributed by atoms with Gasteiger partial charge < -0.3 is 20.5 Å². The van der Waals surface area contributed by atoms with Crippen molar-refractivity contribution < 1.29 is 14.6 Å². The quantitative estimate of drug-likeness (QED) is 0.637. The standard InChI is InChI=1S/C12H22N2O3/c15-9-7-11(14-8-9)12(16)13-5-4-10-3-1-2-6-17-10/h9-11,14-15H,1-8H2,(H,13,16). The van der Waals surface area contributed by atoms with Crippen molar-refractivity contribution in [1.29, 1.82) is 0 Å². The summed E-state index contributed by atoms with van der Waals surface area (Å²) in [5, 5.41) is 15.2. The van der Waals surface area contributed by atoms with Crippen LogP contribution in [-0.2, 0) is 9.53 Å². The van der Waals surface area contributed by atoms with Gasteiger partial charge in [-0.1, -0.05) is 0 Å². The van der Waals surface area contributed by atoms with Gasteiger partial charge in [-0.3, -0.25) is 4.79 Å². The number of aliphatic hydroxyl groups is 1. The zero-order chi connectivity index (χ0) is 12.1. The van der Waals surface area contributed by atoms with Crippen LogP contribution in [0.15, 0.2) is 0 Å². The Labute approximate surface area is 102 Å². The van der Waals surface area contributed by atoms with Gasteiger partial charge in [-0.05, 0) is 32.1 Å². The van der Waals surface area contributed by atoms with Crippen molar-refractivity contribution in [2.45, 2.75) is 50.4 Å². The second-order valence-electron chi connectivity index (χ2n) is 4.92. The molecule has 3 atom stereocenters. The molecule has 0 aromatic rings. The number of carbonyl (C=O) groups excluding carboxylic acids is 1. The summed E-state index contributed by atoms with van der Waals surface area (Å²) in [5.41, 5.74) is 0. The normalized spacial score (nSPS) is 33.6. The number of rotatable bonds is 4. The van der Waals surface area contributed by atoms with Gasteiger partial charge in [-0.2, -0.15) is 0 Å². The summed E-state index contributed by atoms with van der Waals surface area (Å²) in [6.07, 6.45) is 4.84. The highest BCUT2D eigenvalue weighted by Gasteiger charge is 2.27. The molecule has 0 radical (unpaired) electrons. The van der Waals surface area contributed by atoms with Crippen molar-refractivity contribution >= 4 is 5.91 Å². The summed E-state index contributed by atoms with van der Waals surface area (Å²) >= 11 is 0. The molecule has 2 rings (SSSR count). The lowest BCUT2D eigenvalue weighted by molar-refractivity contribution is -0.123. The molecule has 98 valence electrons. The maximum atomic E-state index is 11.7. The number of β-amino-alcohol motifs (C(OH)–C–C–N with tert-alkyl or cyclic N) is 1. The van der Waals surface area contributed by atoms with Crippen molar-refractivity contribution in [1.82, 2.24) is 10.6 Å². The van der Waals surface area contributed by atoms with Gasteiger partial charge in [0.05, 0.1) is 18.2 Å². The molecule has 0 saturated carbocycles. The molecular weight excluding hydrogens is 220 g/mol. The fraction of sp³-hybridized carbons (Fsp3) is 0.917. The van der Waals surface area contributed by atoms with Gasteiger partial charge >= 0.3 is 0 Å². The van der Waals surface area contributed by atoms with Crippen molar-refractivity contribution in [3.8, 4) is 0 Å². The van der Waals surface area contributed by atoms with Crippen molar-refractivity contribution in [2.75, 3.05) is 19.7 Å². The molecule has 2 heterocycles. The topological polar surface area (TPSA) is 70.6 Å². The molecule has 0 spiro atoms. The molecular formula is C12H22N2O3. The Morgan fingerprint density at radius 2 is 2.35 bits per heavy atom. The summed E-state index contributed by atoms with van der Waals surface area (Å²) in [4.78, 5) is 11.7. The predicted octanol–water partition coefficient (Wildman–Crippen LogP) is -0.215. The molecule has 3 unspecified atom stereocenters. The Morgan fingerprint density at radius 1 is 1.47 bits per heavy atom. The molecule has 5 heteroatoms. The summed E-state index contributed by atoms with van der Waals surface area (Å²) in [6, 6.07) is -0.225. The van der Waals surface area contributed by atoms with Crippen LogP contribution in [0.3, 0.4) is 0 Å². The average molecular weight is 242 g/mol. The van der Waals surface area contributed by atoms with Gasteiger partial charge in [-0.25, -0.2) is 0 Å². The molecule has 0 aromatic carbocycles. The average Bonchev–Trinajstić information content (AvgIpc) is 2.77. The molecule has 2 saturated heterocycles. The first kappa shape index (κ1) is 12.8. The van der Waals surface area contributed by atoms with E-state index >= 15 is 0 Å². The third-order valence-electron chi connectivity index (χ3n) is 3.46. The van der Waals surface area contributed by atoms with Crippen molar-refractivity contribution in [2.24, 2.45) is 0 Å². The number of hydrogen-bond acceptors (Lipinski definition) is 4. The number of carbonyl (C=O) groups is 1. The second-order valence-corrected chi connectivity index (χ2v) is 4.92. The largest absolute Gasteiger partial charge is 0.392 e. The van der Waals surface area contributed by atoms with Gasteiger partial charge in [0.15, 0.2) is 0 Å². The van der Waals surface area contributed by atoms with Crippen LogP contribution in [0.2, 0.25) is 0 Å². The van der Waals surface area contributed by atoms with E-state index in [1.165, 1.54) is 6.42 Å². The van der Waals surface area contributed by atoms with Crippen LogP contribution in [-0.4, -0.2) is 49.0 Å². The van der Waals surface area contributed by atoms with E-state index in [-0.39, 0.29) is 18.1 Å². The van der Waals surface area contributed by atoms with E-state index in [0.717, 1.165) is 25.9 Å². The lowest BCUT2D eigenvalue weighted by atomic mass is 10.1. The minimum atomic E-state index is -0.382. The Kier molecular flexibility index (Phi) is 4.76. The summed E-state index contributed by atoms with van der Waals surface area (Å²) in [6.45, 7) is 2.04. The van der Waals surface area contributed by atoms with Gasteiger partial charge in [0.1, 0.15) is 0 Å². The fourth-order valence-electron chi connectivity index (χ4n) is 2.43. The smallest absolute Gasteiger partial charge is 0.237 e. The third-order valence-corrected chi connectivity index (χ3v) is 3.46. The van der Waals surface area contributed by atoms with E-state index in [1.54, 1.807) is 0 Å². The Hall–Kier alpha value is -0.650. The van der Waals surface area contributed by atoms with Gasteiger partial charge in [-0.15, -0.1) is 0 Å². The molecule has 2 aliphatic heterocycles. The lowest BCUT2D eigenvalue weighted by Crippen LogP contribution is -2.41. The molecule has 0 aromatic heterocycles. The van der Waals surface area contributed by atoms with Crippen molar-refractivity contribution in [3.63, 3.8) is 0 Å². The highest BCUT2D eigenvalue weighted by atomic mass is 16.5. The molecule has 0 aliphatic carbocycles. The molecule has 2 fully saturated rings. The molecule has 2 aliphatic rings. The van der Waals surface area contributed by atoms with Crippen LogP contribution in [0.1, 0.15) is 32.1 Å². The van der Waals surface area contributed by atoms with E-state index < -0.39 is 0 Å². The number of ether oxygens (including phenoxy) is 1. The third kappa shape index (κ3) is 3.94. The van der Waals surface area contributed by atoms with Gasteiger partial charge in [0, 0.05) is 19.7 Å². The van der Waals surface area contributed by atoms with Crippen LogP contribution in [0.4, 0.5) is 0 Å². The first-order chi connectivity index (χ1) is 8.25. The highest BCUT2D eigenvalue weighted by molar-refractivity contribution is 5.82. The second kappa shape index (κ2) is 6.33.